The van der Waals surface area contributed by atoms with Crippen LogP contribution in [0.3, 0.4) is 0 Å². The Bertz CT molecular complexity index is 782. The van der Waals surface area contributed by atoms with E-state index in [0.29, 0.717) is 24.1 Å². The summed E-state index contributed by atoms with van der Waals surface area (Å²) in [7, 11) is 0. The Hall–Kier alpha value is -2.43. The maximum absolute atomic E-state index is 13.1. The van der Waals surface area contributed by atoms with Crippen LogP contribution in [-0.4, -0.2) is 28.5 Å². The van der Waals surface area contributed by atoms with E-state index in [2.05, 4.69) is 15.3 Å². The second-order valence-corrected chi connectivity index (χ2v) is 7.41. The van der Waals surface area contributed by atoms with E-state index in [9.17, 15) is 4.79 Å². The Kier molecular flexibility index (Phi) is 6.43. The molecule has 2 aromatic rings. The number of amides is 1. The number of carbonyl (C=O) groups is 1. The standard InChI is InChI=1S/C22H30N4O/c1-4-26(19-13-9-10-16(2)14-19)22(27)20-15-21(24-17(3)23-20)25-18-11-7-5-6-8-12-18/h9-10,13-15,18H,4-8,11-12H2,1-3H3,(H,23,24,25). The van der Waals surface area contributed by atoms with Crippen molar-refractivity contribution in [3.63, 3.8) is 0 Å². The molecule has 3 rings (SSSR count). The van der Waals surface area contributed by atoms with Crippen LogP contribution in [0, 0.1) is 13.8 Å². The van der Waals surface area contributed by atoms with E-state index in [0.717, 1.165) is 29.9 Å². The van der Waals surface area contributed by atoms with Gasteiger partial charge >= 0.3 is 0 Å². The van der Waals surface area contributed by atoms with Crippen molar-refractivity contribution in [2.45, 2.75) is 65.3 Å². The van der Waals surface area contributed by atoms with Gasteiger partial charge in [-0.25, -0.2) is 9.97 Å². The van der Waals surface area contributed by atoms with Crippen molar-refractivity contribution in [1.82, 2.24) is 9.97 Å². The predicted octanol–water partition coefficient (Wildman–Crippen LogP) is 4.89. The normalized spacial score (nSPS) is 15.2. The maximum Gasteiger partial charge on any atom is 0.277 e. The lowest BCUT2D eigenvalue weighted by Crippen LogP contribution is -2.32. The zero-order chi connectivity index (χ0) is 19.2. The Balaban J connectivity index is 1.82. The van der Waals surface area contributed by atoms with E-state index in [-0.39, 0.29) is 5.91 Å². The molecule has 1 fully saturated rings. The number of aromatic nitrogens is 2. The molecule has 1 saturated carbocycles. The quantitative estimate of drug-likeness (QED) is 0.765. The highest BCUT2D eigenvalue weighted by Crippen LogP contribution is 2.22. The highest BCUT2D eigenvalue weighted by atomic mass is 16.2. The van der Waals surface area contributed by atoms with E-state index in [4.69, 9.17) is 0 Å². The molecule has 1 heterocycles. The van der Waals surface area contributed by atoms with Gasteiger partial charge < -0.3 is 10.2 Å². The molecule has 0 bridgehead atoms. The van der Waals surface area contributed by atoms with Gasteiger partial charge in [0.1, 0.15) is 17.3 Å². The number of hydrogen-bond donors (Lipinski definition) is 1. The van der Waals surface area contributed by atoms with Crippen molar-refractivity contribution >= 4 is 17.4 Å². The van der Waals surface area contributed by atoms with Gasteiger partial charge in [0.15, 0.2) is 0 Å². The third-order valence-corrected chi connectivity index (χ3v) is 5.14. The molecule has 0 unspecified atom stereocenters. The summed E-state index contributed by atoms with van der Waals surface area (Å²) < 4.78 is 0. The van der Waals surface area contributed by atoms with E-state index in [1.54, 1.807) is 11.0 Å². The number of anilines is 2. The lowest BCUT2D eigenvalue weighted by atomic mass is 10.1. The van der Waals surface area contributed by atoms with Crippen LogP contribution in [0.2, 0.25) is 0 Å². The van der Waals surface area contributed by atoms with E-state index in [1.807, 2.05) is 45.0 Å². The van der Waals surface area contributed by atoms with Crippen molar-refractivity contribution in [2.75, 3.05) is 16.8 Å². The summed E-state index contributed by atoms with van der Waals surface area (Å²) >= 11 is 0. The molecule has 0 radical (unpaired) electrons. The molecule has 1 amide bonds. The van der Waals surface area contributed by atoms with Gasteiger partial charge in [0.25, 0.3) is 5.91 Å². The molecule has 27 heavy (non-hydrogen) atoms. The zero-order valence-electron chi connectivity index (χ0n) is 16.7. The highest BCUT2D eigenvalue weighted by Gasteiger charge is 2.20. The molecule has 0 spiro atoms. The molecule has 0 saturated heterocycles. The van der Waals surface area contributed by atoms with Gasteiger partial charge in [0, 0.05) is 24.3 Å². The van der Waals surface area contributed by atoms with Crippen molar-refractivity contribution < 1.29 is 4.79 Å². The summed E-state index contributed by atoms with van der Waals surface area (Å²) in [4.78, 5) is 23.9. The van der Waals surface area contributed by atoms with Gasteiger partial charge in [0.05, 0.1) is 0 Å². The Morgan fingerprint density at radius 1 is 1.11 bits per heavy atom. The van der Waals surface area contributed by atoms with Crippen LogP contribution in [0.1, 0.15) is 67.3 Å². The minimum absolute atomic E-state index is 0.0856. The summed E-state index contributed by atoms with van der Waals surface area (Å²) in [5.41, 5.74) is 2.48. The third kappa shape index (κ3) is 5.06. The smallest absolute Gasteiger partial charge is 0.277 e. The molecule has 1 aromatic carbocycles. The van der Waals surface area contributed by atoms with Crippen molar-refractivity contribution in [2.24, 2.45) is 0 Å². The molecule has 1 N–H and O–H groups in total. The topological polar surface area (TPSA) is 58.1 Å². The molecule has 144 valence electrons. The van der Waals surface area contributed by atoms with Gasteiger partial charge in [-0.05, 0) is 51.3 Å². The van der Waals surface area contributed by atoms with E-state index < -0.39 is 0 Å². The molecule has 1 aromatic heterocycles. The van der Waals surface area contributed by atoms with Gasteiger partial charge in [-0.15, -0.1) is 0 Å². The maximum atomic E-state index is 13.1. The van der Waals surface area contributed by atoms with Crippen LogP contribution in [0.25, 0.3) is 0 Å². The fraction of sp³-hybridized carbons (Fsp3) is 0.500. The fourth-order valence-corrected chi connectivity index (χ4v) is 3.76. The first-order valence-corrected chi connectivity index (χ1v) is 10.1. The summed E-state index contributed by atoms with van der Waals surface area (Å²) in [5, 5.41) is 3.54. The number of nitrogens with one attached hydrogen (secondary N) is 1. The molecular weight excluding hydrogens is 336 g/mol. The van der Waals surface area contributed by atoms with Crippen LogP contribution in [0.5, 0.6) is 0 Å². The average molecular weight is 367 g/mol. The van der Waals surface area contributed by atoms with Crippen molar-refractivity contribution in [3.8, 4) is 0 Å². The number of carbonyl (C=O) groups excluding carboxylic acids is 1. The number of rotatable bonds is 5. The van der Waals surface area contributed by atoms with Gasteiger partial charge in [0.2, 0.25) is 0 Å². The monoisotopic (exact) mass is 366 g/mol. The van der Waals surface area contributed by atoms with Crippen LogP contribution in [0.15, 0.2) is 30.3 Å². The minimum Gasteiger partial charge on any atom is -0.367 e. The summed E-state index contributed by atoms with van der Waals surface area (Å²) in [6.45, 7) is 6.46. The lowest BCUT2D eigenvalue weighted by Gasteiger charge is -2.22. The lowest BCUT2D eigenvalue weighted by molar-refractivity contribution is 0.0983. The van der Waals surface area contributed by atoms with Gasteiger partial charge in [-0.2, -0.15) is 0 Å². The summed E-state index contributed by atoms with van der Waals surface area (Å²) in [5.74, 6) is 1.30. The Morgan fingerprint density at radius 2 is 1.85 bits per heavy atom. The molecule has 1 aliphatic carbocycles. The number of nitrogens with zero attached hydrogens (tertiary/aromatic N) is 3. The zero-order valence-corrected chi connectivity index (χ0v) is 16.7. The molecular formula is C22H30N4O. The first-order valence-electron chi connectivity index (χ1n) is 10.1. The number of aryl methyl sites for hydroxylation is 2. The number of hydrogen-bond acceptors (Lipinski definition) is 4. The largest absolute Gasteiger partial charge is 0.367 e. The molecule has 1 aliphatic rings. The molecule has 5 nitrogen and oxygen atoms in total. The highest BCUT2D eigenvalue weighted by molar-refractivity contribution is 6.05. The molecule has 0 aliphatic heterocycles. The second kappa shape index (κ2) is 8.98. The summed E-state index contributed by atoms with van der Waals surface area (Å²) in [6.07, 6.45) is 7.46. The van der Waals surface area contributed by atoms with Crippen molar-refractivity contribution in [1.29, 1.82) is 0 Å². The van der Waals surface area contributed by atoms with E-state index >= 15 is 0 Å². The van der Waals surface area contributed by atoms with Crippen LogP contribution >= 0.6 is 0 Å². The third-order valence-electron chi connectivity index (χ3n) is 5.14. The minimum atomic E-state index is -0.0856. The van der Waals surface area contributed by atoms with Crippen LogP contribution in [-0.2, 0) is 0 Å². The van der Waals surface area contributed by atoms with E-state index in [1.165, 1.54) is 25.7 Å². The molecule has 5 heteroatoms. The van der Waals surface area contributed by atoms with Crippen LogP contribution in [0.4, 0.5) is 11.5 Å². The number of benzene rings is 1. The predicted molar refractivity (Wildman–Crippen MR) is 110 cm³/mol. The van der Waals surface area contributed by atoms with Crippen LogP contribution < -0.4 is 10.2 Å². The SMILES string of the molecule is CCN(C(=O)c1cc(NC2CCCCCC2)nc(C)n1)c1cccc(C)c1. The Morgan fingerprint density at radius 3 is 2.52 bits per heavy atom. The second-order valence-electron chi connectivity index (χ2n) is 7.41. The summed E-state index contributed by atoms with van der Waals surface area (Å²) in [6, 6.07) is 10.2. The average Bonchev–Trinajstić information content (AvgIpc) is 2.90. The first kappa shape index (κ1) is 19.3. The van der Waals surface area contributed by atoms with Gasteiger partial charge in [-0.3, -0.25) is 4.79 Å². The Labute approximate surface area is 162 Å². The van der Waals surface area contributed by atoms with Gasteiger partial charge in [-0.1, -0.05) is 37.8 Å². The molecule has 0 atom stereocenters. The fourth-order valence-electron chi connectivity index (χ4n) is 3.76. The van der Waals surface area contributed by atoms with Crippen molar-refractivity contribution in [3.05, 3.63) is 47.4 Å². The first-order chi connectivity index (χ1) is 13.1.